The third-order valence-electron chi connectivity index (χ3n) is 4.62. The van der Waals surface area contributed by atoms with Crippen LogP contribution in [0.4, 0.5) is 5.69 Å². The molecule has 3 rings (SSSR count). The Morgan fingerprint density at radius 1 is 1.08 bits per heavy atom. The van der Waals surface area contributed by atoms with Gasteiger partial charge in [0.25, 0.3) is 0 Å². The maximum atomic E-state index is 12.3. The van der Waals surface area contributed by atoms with Crippen LogP contribution in [0.2, 0.25) is 15.1 Å². The summed E-state index contributed by atoms with van der Waals surface area (Å²) in [6.07, 6.45) is 4.93. The summed E-state index contributed by atoms with van der Waals surface area (Å²) in [6, 6.07) is 3.73. The van der Waals surface area contributed by atoms with Crippen molar-refractivity contribution < 1.29 is 4.79 Å². The first-order chi connectivity index (χ1) is 11.5. The maximum Gasteiger partial charge on any atom is 0.238 e. The quantitative estimate of drug-likeness (QED) is 0.705. The van der Waals surface area contributed by atoms with Gasteiger partial charge in [-0.2, -0.15) is 0 Å². The van der Waals surface area contributed by atoms with Crippen LogP contribution in [-0.4, -0.2) is 43.0 Å². The molecule has 1 aliphatic heterocycles. The van der Waals surface area contributed by atoms with Crippen molar-refractivity contribution in [1.29, 1.82) is 0 Å². The molecule has 8 heteroatoms. The lowest BCUT2D eigenvalue weighted by Gasteiger charge is -2.32. The fourth-order valence-electron chi connectivity index (χ4n) is 2.99. The Morgan fingerprint density at radius 3 is 2.24 bits per heavy atom. The van der Waals surface area contributed by atoms with Crippen molar-refractivity contribution in [3.8, 4) is 0 Å². The highest BCUT2D eigenvalue weighted by Crippen LogP contribution is 2.33. The van der Waals surface area contributed by atoms with Crippen molar-refractivity contribution in [1.82, 2.24) is 10.2 Å². The van der Waals surface area contributed by atoms with Gasteiger partial charge in [-0.25, -0.2) is 0 Å². The molecule has 1 saturated heterocycles. The van der Waals surface area contributed by atoms with Gasteiger partial charge in [-0.15, -0.1) is 12.4 Å². The normalized spacial score (nSPS) is 18.7. The number of nitrogens with one attached hydrogen (secondary N) is 2. The van der Waals surface area contributed by atoms with E-state index in [2.05, 4.69) is 15.5 Å². The summed E-state index contributed by atoms with van der Waals surface area (Å²) in [5.74, 6) is 0.799. The molecule has 1 heterocycles. The molecule has 1 amide bonds. The second-order valence-electron chi connectivity index (χ2n) is 6.69. The Hall–Kier alpha value is -0.230. The molecule has 0 aromatic heterocycles. The largest absolute Gasteiger partial charge is 0.322 e. The van der Waals surface area contributed by atoms with Gasteiger partial charge in [0.05, 0.1) is 22.3 Å². The summed E-state index contributed by atoms with van der Waals surface area (Å²) in [7, 11) is 0. The maximum absolute atomic E-state index is 12.3. The highest BCUT2D eigenvalue weighted by molar-refractivity contribution is 6.42. The van der Waals surface area contributed by atoms with Crippen LogP contribution in [0.1, 0.15) is 25.7 Å². The van der Waals surface area contributed by atoms with Crippen molar-refractivity contribution in [2.75, 3.05) is 31.5 Å². The van der Waals surface area contributed by atoms with E-state index in [-0.39, 0.29) is 18.3 Å². The van der Waals surface area contributed by atoms with Crippen LogP contribution in [0.5, 0.6) is 0 Å². The van der Waals surface area contributed by atoms with Crippen LogP contribution in [0.15, 0.2) is 12.1 Å². The molecule has 0 bridgehead atoms. The lowest BCUT2D eigenvalue weighted by Crippen LogP contribution is -2.45. The predicted octanol–water partition coefficient (Wildman–Crippen LogP) is 4.47. The molecule has 1 saturated carbocycles. The topological polar surface area (TPSA) is 44.4 Å². The zero-order chi connectivity index (χ0) is 17.1. The average molecular weight is 427 g/mol. The summed E-state index contributed by atoms with van der Waals surface area (Å²) >= 11 is 18.1. The van der Waals surface area contributed by atoms with Gasteiger partial charge in [-0.05, 0) is 50.3 Å². The molecule has 2 aliphatic rings. The molecule has 25 heavy (non-hydrogen) atoms. The van der Waals surface area contributed by atoms with Crippen LogP contribution >= 0.6 is 47.2 Å². The predicted molar refractivity (Wildman–Crippen MR) is 108 cm³/mol. The SMILES string of the molecule is Cl.O=C(CN1CCC(NCC2CC2)CC1)Nc1c(Cl)cc(Cl)cc1Cl. The van der Waals surface area contributed by atoms with Crippen LogP contribution in [0.25, 0.3) is 0 Å². The van der Waals surface area contributed by atoms with E-state index in [0.29, 0.717) is 33.3 Å². The molecule has 140 valence electrons. The van der Waals surface area contributed by atoms with E-state index in [4.69, 9.17) is 34.8 Å². The smallest absolute Gasteiger partial charge is 0.238 e. The standard InChI is InChI=1S/C17H22Cl3N3O.ClH/c18-12-7-14(19)17(15(20)8-12)22-16(24)10-23-5-3-13(4-6-23)21-9-11-1-2-11;/h7-8,11,13,21H,1-6,9-10H2,(H,22,24);1H. The fourth-order valence-corrected chi connectivity index (χ4v) is 3.91. The van der Waals surface area contributed by atoms with Crippen molar-refractivity contribution in [2.24, 2.45) is 5.92 Å². The first-order valence-corrected chi connectivity index (χ1v) is 9.55. The number of rotatable bonds is 6. The molecular weight excluding hydrogens is 404 g/mol. The molecule has 1 aliphatic carbocycles. The second-order valence-corrected chi connectivity index (χ2v) is 7.95. The van der Waals surface area contributed by atoms with Crippen molar-refractivity contribution in [3.63, 3.8) is 0 Å². The van der Waals surface area contributed by atoms with Gasteiger partial charge in [0, 0.05) is 24.2 Å². The molecule has 0 radical (unpaired) electrons. The van der Waals surface area contributed by atoms with Crippen LogP contribution < -0.4 is 10.6 Å². The Morgan fingerprint density at radius 2 is 1.68 bits per heavy atom. The molecule has 2 N–H and O–H groups in total. The van der Waals surface area contributed by atoms with Gasteiger partial charge in [-0.1, -0.05) is 34.8 Å². The van der Waals surface area contributed by atoms with Crippen molar-refractivity contribution >= 4 is 58.8 Å². The number of anilines is 1. The third-order valence-corrected chi connectivity index (χ3v) is 5.43. The molecule has 1 aromatic rings. The number of amides is 1. The van der Waals surface area contributed by atoms with Crippen molar-refractivity contribution in [2.45, 2.75) is 31.7 Å². The lowest BCUT2D eigenvalue weighted by atomic mass is 10.0. The number of halogens is 4. The van der Waals surface area contributed by atoms with Gasteiger partial charge >= 0.3 is 0 Å². The molecule has 0 spiro atoms. The molecule has 1 aromatic carbocycles. The molecule has 0 unspecified atom stereocenters. The number of hydrogen-bond donors (Lipinski definition) is 2. The number of nitrogens with zero attached hydrogens (tertiary/aromatic N) is 1. The van der Waals surface area contributed by atoms with E-state index in [1.165, 1.54) is 12.8 Å². The van der Waals surface area contributed by atoms with Crippen LogP contribution in [-0.2, 0) is 4.79 Å². The summed E-state index contributed by atoms with van der Waals surface area (Å²) in [5, 5.41) is 7.59. The van der Waals surface area contributed by atoms with E-state index in [0.717, 1.165) is 38.4 Å². The van der Waals surface area contributed by atoms with Gasteiger partial charge in [0.15, 0.2) is 0 Å². The minimum atomic E-state index is -0.106. The van der Waals surface area contributed by atoms with Crippen LogP contribution in [0.3, 0.4) is 0 Å². The molecule has 4 nitrogen and oxygen atoms in total. The summed E-state index contributed by atoms with van der Waals surface area (Å²) in [4.78, 5) is 14.4. The molecular formula is C17H23Cl4N3O. The highest BCUT2D eigenvalue weighted by Gasteiger charge is 2.25. The van der Waals surface area contributed by atoms with Crippen molar-refractivity contribution in [3.05, 3.63) is 27.2 Å². The van der Waals surface area contributed by atoms with E-state index < -0.39 is 0 Å². The fraction of sp³-hybridized carbons (Fsp3) is 0.588. The summed E-state index contributed by atoms with van der Waals surface area (Å²) in [6.45, 7) is 3.36. The number of hydrogen-bond acceptors (Lipinski definition) is 3. The third kappa shape index (κ3) is 6.46. The Labute approximate surface area is 170 Å². The highest BCUT2D eigenvalue weighted by atomic mass is 35.5. The Kier molecular flexibility index (Phi) is 8.12. The average Bonchev–Trinajstić information content (AvgIpc) is 3.34. The number of carbonyl (C=O) groups excluding carboxylic acids is 1. The monoisotopic (exact) mass is 425 g/mol. The zero-order valence-electron chi connectivity index (χ0n) is 13.9. The first kappa shape index (κ1) is 21.1. The minimum Gasteiger partial charge on any atom is -0.322 e. The van der Waals surface area contributed by atoms with Gasteiger partial charge < -0.3 is 10.6 Å². The second kappa shape index (κ2) is 9.63. The van der Waals surface area contributed by atoms with Crippen LogP contribution in [0, 0.1) is 5.92 Å². The summed E-state index contributed by atoms with van der Waals surface area (Å²) in [5.41, 5.74) is 0.425. The van der Waals surface area contributed by atoms with E-state index in [9.17, 15) is 4.79 Å². The zero-order valence-corrected chi connectivity index (χ0v) is 16.9. The number of benzene rings is 1. The summed E-state index contributed by atoms with van der Waals surface area (Å²) < 4.78 is 0. The van der Waals surface area contributed by atoms with Gasteiger partial charge in [0.2, 0.25) is 5.91 Å². The number of carbonyl (C=O) groups is 1. The first-order valence-electron chi connectivity index (χ1n) is 8.41. The lowest BCUT2D eigenvalue weighted by molar-refractivity contribution is -0.117. The van der Waals surface area contributed by atoms with Gasteiger partial charge in [-0.3, -0.25) is 9.69 Å². The minimum absolute atomic E-state index is 0. The van der Waals surface area contributed by atoms with E-state index in [1.54, 1.807) is 12.1 Å². The Balaban J connectivity index is 0.00000225. The van der Waals surface area contributed by atoms with E-state index in [1.807, 2.05) is 0 Å². The number of piperidine rings is 1. The Bertz CT molecular complexity index is 579. The molecule has 2 fully saturated rings. The molecule has 0 atom stereocenters. The number of likely N-dealkylation sites (tertiary alicyclic amines) is 1. The van der Waals surface area contributed by atoms with Gasteiger partial charge in [0.1, 0.15) is 0 Å². The van der Waals surface area contributed by atoms with E-state index >= 15 is 0 Å².